The smallest absolute Gasteiger partial charge is 0.243 e. The van der Waals surface area contributed by atoms with Crippen molar-refractivity contribution in [1.82, 2.24) is 14.9 Å². The van der Waals surface area contributed by atoms with Crippen molar-refractivity contribution in [3.8, 4) is 11.4 Å². The van der Waals surface area contributed by atoms with Crippen LogP contribution in [0.25, 0.3) is 5.69 Å². The number of hydrogen-bond acceptors (Lipinski definition) is 5. The Kier molecular flexibility index (Phi) is 7.19. The van der Waals surface area contributed by atoms with Crippen LogP contribution in [0.4, 0.5) is 5.69 Å². The van der Waals surface area contributed by atoms with Gasteiger partial charge in [-0.15, -0.1) is 0 Å². The Bertz CT molecular complexity index is 1170. The number of anilines is 1. The van der Waals surface area contributed by atoms with Gasteiger partial charge in [-0.1, -0.05) is 18.2 Å². The van der Waals surface area contributed by atoms with E-state index in [0.29, 0.717) is 18.0 Å². The van der Waals surface area contributed by atoms with Gasteiger partial charge in [0.1, 0.15) is 17.6 Å². The number of nitrogens with zero attached hydrogens (tertiary/aromatic N) is 3. The van der Waals surface area contributed by atoms with E-state index in [1.165, 1.54) is 0 Å². The molecule has 1 atom stereocenters. The maximum absolute atomic E-state index is 13.0. The van der Waals surface area contributed by atoms with E-state index in [1.54, 1.807) is 37.4 Å². The third-order valence-electron chi connectivity index (χ3n) is 5.02. The summed E-state index contributed by atoms with van der Waals surface area (Å²) in [5, 5.41) is 2.87. The molecule has 0 aliphatic rings. The summed E-state index contributed by atoms with van der Waals surface area (Å²) in [6.45, 7) is 6.10. The molecule has 0 fully saturated rings. The molecule has 1 heterocycles. The molecule has 0 saturated heterocycles. The van der Waals surface area contributed by atoms with Gasteiger partial charge in [0.2, 0.25) is 15.9 Å². The van der Waals surface area contributed by atoms with Gasteiger partial charge in [0.05, 0.1) is 24.2 Å². The standard InChI is InChI=1S/C23H28N4O4S/c1-5-31-21-12-10-20(11-13-21)27(32(4,29)30)17(2)23(28)25-16-19-8-6-7-9-22(19)26-15-14-24-18(26)3/h6-15,17H,5,16H2,1-4H3,(H,25,28)/t17-/m0/s1. The number of para-hydroxylation sites is 1. The molecule has 3 aromatic rings. The highest BCUT2D eigenvalue weighted by atomic mass is 32.2. The number of rotatable bonds is 9. The molecule has 0 unspecified atom stereocenters. The van der Waals surface area contributed by atoms with Crippen LogP contribution in [0, 0.1) is 6.92 Å². The number of aryl methyl sites for hydroxylation is 1. The maximum Gasteiger partial charge on any atom is 0.243 e. The molecular weight excluding hydrogens is 428 g/mol. The summed E-state index contributed by atoms with van der Waals surface area (Å²) < 4.78 is 33.5. The number of amides is 1. The Morgan fingerprint density at radius 1 is 1.19 bits per heavy atom. The summed E-state index contributed by atoms with van der Waals surface area (Å²) in [5.74, 6) is 1.06. The molecule has 0 aliphatic carbocycles. The minimum atomic E-state index is -3.70. The van der Waals surface area contributed by atoms with Gasteiger partial charge in [-0.25, -0.2) is 13.4 Å². The van der Waals surface area contributed by atoms with E-state index < -0.39 is 22.0 Å². The van der Waals surface area contributed by atoms with Gasteiger partial charge < -0.3 is 14.6 Å². The molecule has 8 nitrogen and oxygen atoms in total. The molecule has 1 aromatic heterocycles. The zero-order chi connectivity index (χ0) is 23.3. The van der Waals surface area contributed by atoms with Gasteiger partial charge in [0.25, 0.3) is 0 Å². The van der Waals surface area contributed by atoms with Crippen molar-refractivity contribution < 1.29 is 17.9 Å². The highest BCUT2D eigenvalue weighted by Gasteiger charge is 2.29. The highest BCUT2D eigenvalue weighted by molar-refractivity contribution is 7.92. The zero-order valence-electron chi connectivity index (χ0n) is 18.6. The van der Waals surface area contributed by atoms with Crippen LogP contribution < -0.4 is 14.4 Å². The Hall–Kier alpha value is -3.33. The van der Waals surface area contributed by atoms with Crippen LogP contribution in [-0.4, -0.2) is 42.8 Å². The van der Waals surface area contributed by atoms with E-state index in [2.05, 4.69) is 10.3 Å². The normalized spacial score (nSPS) is 12.2. The van der Waals surface area contributed by atoms with Gasteiger partial charge in [-0.3, -0.25) is 9.10 Å². The molecule has 3 rings (SSSR count). The number of sulfonamides is 1. The second-order valence-electron chi connectivity index (χ2n) is 7.35. The van der Waals surface area contributed by atoms with Crippen LogP contribution in [0.2, 0.25) is 0 Å². The number of carbonyl (C=O) groups excluding carboxylic acids is 1. The van der Waals surface area contributed by atoms with Gasteiger partial charge in [0, 0.05) is 18.9 Å². The van der Waals surface area contributed by atoms with Crippen LogP contribution in [0.15, 0.2) is 60.9 Å². The van der Waals surface area contributed by atoms with E-state index in [0.717, 1.165) is 27.6 Å². The average molecular weight is 457 g/mol. The van der Waals surface area contributed by atoms with Crippen LogP contribution in [-0.2, 0) is 21.4 Å². The fourth-order valence-corrected chi connectivity index (χ4v) is 4.70. The first-order chi connectivity index (χ1) is 15.2. The molecular formula is C23H28N4O4S. The molecule has 32 heavy (non-hydrogen) atoms. The lowest BCUT2D eigenvalue weighted by Gasteiger charge is -2.28. The second kappa shape index (κ2) is 9.86. The summed E-state index contributed by atoms with van der Waals surface area (Å²) in [4.78, 5) is 17.2. The largest absolute Gasteiger partial charge is 0.494 e. The molecule has 0 bridgehead atoms. The minimum Gasteiger partial charge on any atom is -0.494 e. The zero-order valence-corrected chi connectivity index (χ0v) is 19.5. The van der Waals surface area contributed by atoms with E-state index in [1.807, 2.05) is 48.9 Å². The fraction of sp³-hybridized carbons (Fsp3) is 0.304. The topological polar surface area (TPSA) is 93.5 Å². The number of carbonyl (C=O) groups is 1. The lowest BCUT2D eigenvalue weighted by molar-refractivity contribution is -0.122. The Morgan fingerprint density at radius 2 is 1.88 bits per heavy atom. The summed E-state index contributed by atoms with van der Waals surface area (Å²) in [5.41, 5.74) is 2.19. The third kappa shape index (κ3) is 5.28. The molecule has 1 N–H and O–H groups in total. The Balaban J connectivity index is 1.79. The Morgan fingerprint density at radius 3 is 2.47 bits per heavy atom. The number of ether oxygens (including phenoxy) is 1. The fourth-order valence-electron chi connectivity index (χ4n) is 3.52. The predicted molar refractivity (Wildman–Crippen MR) is 125 cm³/mol. The second-order valence-corrected chi connectivity index (χ2v) is 9.21. The predicted octanol–water partition coefficient (Wildman–Crippen LogP) is 3.05. The minimum absolute atomic E-state index is 0.248. The van der Waals surface area contributed by atoms with Crippen molar-refractivity contribution in [2.45, 2.75) is 33.4 Å². The Labute approximate surface area is 188 Å². The number of aromatic nitrogens is 2. The summed E-state index contributed by atoms with van der Waals surface area (Å²) in [7, 11) is -3.70. The van der Waals surface area contributed by atoms with Crippen LogP contribution in [0.3, 0.4) is 0 Å². The number of hydrogen-bond donors (Lipinski definition) is 1. The van der Waals surface area contributed by atoms with Crippen molar-refractivity contribution in [1.29, 1.82) is 0 Å². The first kappa shape index (κ1) is 23.3. The summed E-state index contributed by atoms with van der Waals surface area (Å²) in [6, 6.07) is 13.4. The number of imidazole rings is 1. The molecule has 9 heteroatoms. The van der Waals surface area contributed by atoms with Crippen molar-refractivity contribution in [2.24, 2.45) is 0 Å². The van der Waals surface area contributed by atoms with Crippen molar-refractivity contribution >= 4 is 21.6 Å². The monoisotopic (exact) mass is 456 g/mol. The molecule has 0 saturated carbocycles. The van der Waals surface area contributed by atoms with E-state index in [-0.39, 0.29) is 6.54 Å². The summed E-state index contributed by atoms with van der Waals surface area (Å²) >= 11 is 0. The van der Waals surface area contributed by atoms with Crippen molar-refractivity contribution in [3.63, 3.8) is 0 Å². The van der Waals surface area contributed by atoms with Gasteiger partial charge in [0.15, 0.2) is 0 Å². The summed E-state index contributed by atoms with van der Waals surface area (Å²) in [6.07, 6.45) is 4.66. The van der Waals surface area contributed by atoms with E-state index in [9.17, 15) is 13.2 Å². The van der Waals surface area contributed by atoms with E-state index >= 15 is 0 Å². The van der Waals surface area contributed by atoms with Crippen molar-refractivity contribution in [3.05, 3.63) is 72.3 Å². The van der Waals surface area contributed by atoms with Gasteiger partial charge in [-0.05, 0) is 56.7 Å². The molecule has 2 aromatic carbocycles. The lowest BCUT2D eigenvalue weighted by atomic mass is 10.1. The first-order valence-electron chi connectivity index (χ1n) is 10.3. The van der Waals surface area contributed by atoms with Crippen LogP contribution in [0.1, 0.15) is 25.2 Å². The maximum atomic E-state index is 13.0. The molecule has 0 spiro atoms. The highest BCUT2D eigenvalue weighted by Crippen LogP contribution is 2.24. The van der Waals surface area contributed by atoms with E-state index in [4.69, 9.17) is 4.74 Å². The number of nitrogens with one attached hydrogen (secondary N) is 1. The van der Waals surface area contributed by atoms with Gasteiger partial charge in [-0.2, -0.15) is 0 Å². The average Bonchev–Trinajstić information content (AvgIpc) is 3.18. The molecule has 0 radical (unpaired) electrons. The molecule has 1 amide bonds. The lowest BCUT2D eigenvalue weighted by Crippen LogP contribution is -2.47. The quantitative estimate of drug-likeness (QED) is 0.534. The van der Waals surface area contributed by atoms with Gasteiger partial charge >= 0.3 is 0 Å². The molecule has 170 valence electrons. The van der Waals surface area contributed by atoms with Crippen LogP contribution >= 0.6 is 0 Å². The van der Waals surface area contributed by atoms with Crippen molar-refractivity contribution in [2.75, 3.05) is 17.2 Å². The molecule has 0 aliphatic heterocycles. The van der Waals surface area contributed by atoms with Crippen LogP contribution in [0.5, 0.6) is 5.75 Å². The SMILES string of the molecule is CCOc1ccc(N([C@@H](C)C(=O)NCc2ccccc2-n2ccnc2C)S(C)(=O)=O)cc1. The first-order valence-corrected chi connectivity index (χ1v) is 12.2. The third-order valence-corrected chi connectivity index (χ3v) is 6.26. The number of benzene rings is 2.